The first-order chi connectivity index (χ1) is 7.43. The van der Waals surface area contributed by atoms with Crippen molar-refractivity contribution in [2.24, 2.45) is 11.3 Å². The van der Waals surface area contributed by atoms with Crippen LogP contribution in [-0.2, 0) is 4.74 Å². The molecule has 1 saturated carbocycles. The van der Waals surface area contributed by atoms with Gasteiger partial charge in [0, 0.05) is 12.5 Å². The Bertz CT molecular complexity index is 332. The molecule has 4 atom stereocenters. The molecule has 0 radical (unpaired) electrons. The second-order valence-corrected chi connectivity index (χ2v) is 5.58. The van der Waals surface area contributed by atoms with Crippen molar-refractivity contribution in [3.8, 4) is 0 Å². The minimum atomic E-state index is -0.833. The fraction of sp³-hybridized carbons (Fsp3) is 0.714. The molecule has 0 aromatic carbocycles. The van der Waals surface area contributed by atoms with Gasteiger partial charge < -0.3 is 9.84 Å². The zero-order valence-electron chi connectivity index (χ0n) is 10.5. The van der Waals surface area contributed by atoms with Gasteiger partial charge in [0.05, 0.1) is 0 Å². The monoisotopic (exact) mass is 222 g/mol. The van der Waals surface area contributed by atoms with Gasteiger partial charge in [-0.15, -0.1) is 6.58 Å². The summed E-state index contributed by atoms with van der Waals surface area (Å²) in [5.74, 6) is 0.428. The highest BCUT2D eigenvalue weighted by Gasteiger charge is 2.64. The predicted molar refractivity (Wildman–Crippen MR) is 65.1 cm³/mol. The van der Waals surface area contributed by atoms with Crippen LogP contribution in [0.3, 0.4) is 0 Å². The Morgan fingerprint density at radius 1 is 1.56 bits per heavy atom. The lowest BCUT2D eigenvalue weighted by Gasteiger charge is -2.62. The number of methoxy groups -OCH3 is 1. The van der Waals surface area contributed by atoms with Gasteiger partial charge in [0.15, 0.2) is 0 Å². The fourth-order valence-electron chi connectivity index (χ4n) is 3.62. The summed E-state index contributed by atoms with van der Waals surface area (Å²) in [4.78, 5) is 0. The number of fused-ring (bicyclic) bond motifs is 2. The van der Waals surface area contributed by atoms with Crippen molar-refractivity contribution in [1.82, 2.24) is 0 Å². The molecule has 0 saturated heterocycles. The summed E-state index contributed by atoms with van der Waals surface area (Å²) in [5.41, 5.74) is -1.52. The van der Waals surface area contributed by atoms with Crippen LogP contribution in [-0.4, -0.2) is 23.4 Å². The molecule has 1 N–H and O–H groups in total. The van der Waals surface area contributed by atoms with E-state index in [2.05, 4.69) is 25.7 Å². The molecule has 0 aromatic heterocycles. The summed E-state index contributed by atoms with van der Waals surface area (Å²) in [5, 5.41) is 10.9. The number of hydrogen-bond acceptors (Lipinski definition) is 2. The maximum Gasteiger partial charge on any atom is 0.115 e. The molecular formula is C14H22O2. The van der Waals surface area contributed by atoms with Gasteiger partial charge in [0.25, 0.3) is 0 Å². The normalized spacial score (nSPS) is 50.6. The van der Waals surface area contributed by atoms with Crippen LogP contribution in [0, 0.1) is 11.3 Å². The van der Waals surface area contributed by atoms with Gasteiger partial charge in [0.2, 0.25) is 0 Å². The smallest absolute Gasteiger partial charge is 0.115 e. The van der Waals surface area contributed by atoms with E-state index in [4.69, 9.17) is 4.74 Å². The lowest BCUT2D eigenvalue weighted by Crippen LogP contribution is -2.68. The molecule has 0 spiro atoms. The minimum absolute atomic E-state index is 0.169. The molecule has 2 bridgehead atoms. The number of hydrogen-bond donors (Lipinski definition) is 1. The lowest BCUT2D eigenvalue weighted by molar-refractivity contribution is -0.235. The molecule has 0 amide bonds. The van der Waals surface area contributed by atoms with Crippen LogP contribution in [0.15, 0.2) is 24.8 Å². The highest BCUT2D eigenvalue weighted by molar-refractivity contribution is 5.29. The topological polar surface area (TPSA) is 29.5 Å². The Balaban J connectivity index is 2.51. The summed E-state index contributed by atoms with van der Waals surface area (Å²) < 4.78 is 5.65. The molecular weight excluding hydrogens is 200 g/mol. The molecule has 2 heteroatoms. The zero-order valence-corrected chi connectivity index (χ0v) is 10.5. The molecule has 90 valence electrons. The Kier molecular flexibility index (Phi) is 2.56. The number of ether oxygens (including phenoxy) is 1. The average molecular weight is 222 g/mol. The van der Waals surface area contributed by atoms with Crippen molar-refractivity contribution in [2.45, 2.75) is 44.3 Å². The van der Waals surface area contributed by atoms with E-state index in [9.17, 15) is 5.11 Å². The van der Waals surface area contributed by atoms with Crippen molar-refractivity contribution in [1.29, 1.82) is 0 Å². The van der Waals surface area contributed by atoms with E-state index in [1.165, 1.54) is 0 Å². The quantitative estimate of drug-likeness (QED) is 0.744. The van der Waals surface area contributed by atoms with Crippen molar-refractivity contribution < 1.29 is 9.84 Å². The van der Waals surface area contributed by atoms with Gasteiger partial charge in [-0.2, -0.15) is 0 Å². The third kappa shape index (κ3) is 1.15. The number of allylic oxidation sites excluding steroid dienone is 2. The summed E-state index contributed by atoms with van der Waals surface area (Å²) in [6.07, 6.45) is 9.00. The van der Waals surface area contributed by atoms with Crippen LogP contribution < -0.4 is 0 Å². The van der Waals surface area contributed by atoms with Gasteiger partial charge in [-0.1, -0.05) is 25.2 Å². The summed E-state index contributed by atoms with van der Waals surface area (Å²) in [6.45, 7) is 7.88. The summed E-state index contributed by atoms with van der Waals surface area (Å²) in [6, 6.07) is 0. The van der Waals surface area contributed by atoms with Crippen LogP contribution in [0.2, 0.25) is 0 Å². The Hall–Kier alpha value is -0.600. The fourth-order valence-corrected chi connectivity index (χ4v) is 3.62. The molecule has 3 rings (SSSR count). The van der Waals surface area contributed by atoms with Crippen LogP contribution in [0.5, 0.6) is 0 Å². The van der Waals surface area contributed by atoms with Crippen molar-refractivity contribution in [3.05, 3.63) is 24.8 Å². The van der Waals surface area contributed by atoms with Crippen molar-refractivity contribution in [3.63, 3.8) is 0 Å². The van der Waals surface area contributed by atoms with Crippen molar-refractivity contribution >= 4 is 0 Å². The second kappa shape index (κ2) is 3.44. The van der Waals surface area contributed by atoms with Crippen LogP contribution in [0.1, 0.15) is 33.1 Å². The molecule has 3 aliphatic rings. The van der Waals surface area contributed by atoms with Crippen LogP contribution in [0.4, 0.5) is 0 Å². The molecule has 0 aliphatic heterocycles. The van der Waals surface area contributed by atoms with Gasteiger partial charge in [-0.3, -0.25) is 0 Å². The maximum absolute atomic E-state index is 10.9. The largest absolute Gasteiger partial charge is 0.386 e. The Labute approximate surface area is 98.0 Å². The number of rotatable bonds is 3. The molecule has 1 fully saturated rings. The van der Waals surface area contributed by atoms with E-state index in [1.807, 2.05) is 13.0 Å². The van der Waals surface area contributed by atoms with Gasteiger partial charge in [-0.25, -0.2) is 0 Å². The predicted octanol–water partition coefficient (Wildman–Crippen LogP) is 2.68. The van der Waals surface area contributed by atoms with E-state index in [1.54, 1.807) is 7.11 Å². The Morgan fingerprint density at radius 3 is 2.69 bits per heavy atom. The highest BCUT2D eigenvalue weighted by Crippen LogP contribution is 2.59. The third-order valence-electron chi connectivity index (χ3n) is 5.11. The summed E-state index contributed by atoms with van der Waals surface area (Å²) in [7, 11) is 1.69. The summed E-state index contributed by atoms with van der Waals surface area (Å²) >= 11 is 0. The molecule has 16 heavy (non-hydrogen) atoms. The molecule has 2 nitrogen and oxygen atoms in total. The van der Waals surface area contributed by atoms with E-state index >= 15 is 0 Å². The van der Waals surface area contributed by atoms with E-state index in [-0.39, 0.29) is 5.41 Å². The van der Waals surface area contributed by atoms with E-state index < -0.39 is 11.2 Å². The molecule has 0 aromatic rings. The SMILES string of the molecule is C=CC[C@@]1(C)[C@@H]2C=C[C@@](OC)(CC2)[C@@]1(C)O. The molecule has 0 unspecified atom stereocenters. The first-order valence-electron chi connectivity index (χ1n) is 6.01. The first kappa shape index (κ1) is 11.9. The highest BCUT2D eigenvalue weighted by atomic mass is 16.5. The van der Waals surface area contributed by atoms with Gasteiger partial charge in [0.1, 0.15) is 11.2 Å². The standard InChI is InChI=1S/C14H22O2/c1-5-8-12(2)11-6-9-14(16-4,10-7-11)13(12,3)15/h5-6,9,11,15H,1,7-8,10H2,2-4H3/t11-,12+,13+,14-/m1/s1. The van der Waals surface area contributed by atoms with E-state index in [0.29, 0.717) is 5.92 Å². The maximum atomic E-state index is 10.9. The zero-order chi connectivity index (χ0) is 12.0. The molecule has 0 heterocycles. The van der Waals surface area contributed by atoms with E-state index in [0.717, 1.165) is 19.3 Å². The first-order valence-corrected chi connectivity index (χ1v) is 6.01. The third-order valence-corrected chi connectivity index (χ3v) is 5.11. The van der Waals surface area contributed by atoms with Crippen LogP contribution >= 0.6 is 0 Å². The minimum Gasteiger partial charge on any atom is -0.386 e. The Morgan fingerprint density at radius 2 is 2.25 bits per heavy atom. The van der Waals surface area contributed by atoms with Gasteiger partial charge in [-0.05, 0) is 32.1 Å². The van der Waals surface area contributed by atoms with Crippen molar-refractivity contribution in [2.75, 3.05) is 7.11 Å². The average Bonchev–Trinajstić information content (AvgIpc) is 2.27. The van der Waals surface area contributed by atoms with Crippen LogP contribution in [0.25, 0.3) is 0 Å². The molecule has 3 aliphatic carbocycles. The second-order valence-electron chi connectivity index (χ2n) is 5.58. The van der Waals surface area contributed by atoms with Gasteiger partial charge >= 0.3 is 0 Å². The lowest BCUT2D eigenvalue weighted by atomic mass is 9.49. The number of aliphatic hydroxyl groups is 1.